The quantitative estimate of drug-likeness (QED) is 0.790. The molecule has 2 nitrogen and oxygen atoms in total. The number of aryl methyl sites for hydroxylation is 2. The molecule has 0 saturated heterocycles. The van der Waals surface area contributed by atoms with Gasteiger partial charge in [-0.2, -0.15) is 0 Å². The summed E-state index contributed by atoms with van der Waals surface area (Å²) in [5.74, 6) is 0.728. The van der Waals surface area contributed by atoms with E-state index >= 15 is 0 Å². The highest BCUT2D eigenvalue weighted by molar-refractivity contribution is 7.13. The summed E-state index contributed by atoms with van der Waals surface area (Å²) in [5, 5.41) is 13.1. The van der Waals surface area contributed by atoms with Crippen molar-refractivity contribution in [3.63, 3.8) is 0 Å². The Morgan fingerprint density at radius 2 is 1.68 bits per heavy atom. The summed E-state index contributed by atoms with van der Waals surface area (Å²) >= 11 is 0. The maximum absolute atomic E-state index is 9.97. The molecule has 1 unspecified atom stereocenters. The molecule has 2 N–H and O–H groups in total. The van der Waals surface area contributed by atoms with Gasteiger partial charge >= 0.3 is 0 Å². The zero-order chi connectivity index (χ0) is 16.3. The van der Waals surface area contributed by atoms with Crippen LogP contribution in [0.5, 0.6) is 5.75 Å². The molecule has 0 aliphatic heterocycles. The van der Waals surface area contributed by atoms with Gasteiger partial charge in [0, 0.05) is 6.54 Å². The fourth-order valence-electron chi connectivity index (χ4n) is 2.96. The van der Waals surface area contributed by atoms with Crippen molar-refractivity contribution in [2.24, 2.45) is 0 Å². The Bertz CT molecular complexity index is 641. The third kappa shape index (κ3) is 3.88. The van der Waals surface area contributed by atoms with E-state index in [1.165, 1.54) is 27.8 Å². The average molecular weight is 315 g/mol. The molecule has 0 aliphatic carbocycles. The number of hydrogen-bond acceptors (Lipinski definition) is 2. The topological polar surface area (TPSA) is 32.3 Å². The molecule has 0 spiro atoms. The summed E-state index contributed by atoms with van der Waals surface area (Å²) in [7, 11) is 2.55. The normalized spacial score (nSPS) is 11.2. The van der Waals surface area contributed by atoms with Gasteiger partial charge in [-0.05, 0) is 65.6 Å². The van der Waals surface area contributed by atoms with Gasteiger partial charge in [-0.3, -0.25) is 5.09 Å². The lowest BCUT2D eigenvalue weighted by Gasteiger charge is -2.15. The smallest absolute Gasteiger partial charge is 0.119 e. The van der Waals surface area contributed by atoms with Gasteiger partial charge in [-0.1, -0.05) is 47.5 Å². The Balaban J connectivity index is 2.33. The number of benzene rings is 2. The van der Waals surface area contributed by atoms with Gasteiger partial charge < -0.3 is 5.11 Å². The van der Waals surface area contributed by atoms with Crippen molar-refractivity contribution in [1.82, 2.24) is 5.09 Å². The standard InChI is InChI=1S/C19H26NOP/c1-12(2)17-9-15(5-6-19(17)21)10-18-13(3)7-16(11-20-22)8-14(18)4/h5-9,12,20-21H,10-11,22H2,1-4H3. The molecule has 0 aliphatic rings. The van der Waals surface area contributed by atoms with Crippen molar-refractivity contribution in [3.8, 4) is 5.75 Å². The summed E-state index contributed by atoms with van der Waals surface area (Å²) in [6, 6.07) is 10.5. The number of phenolic OH excluding ortho intramolecular Hbond substituents is 1. The highest BCUT2D eigenvalue weighted by Crippen LogP contribution is 2.28. The molecule has 0 radical (unpaired) electrons. The molecule has 22 heavy (non-hydrogen) atoms. The highest BCUT2D eigenvalue weighted by atomic mass is 31.0. The van der Waals surface area contributed by atoms with Crippen molar-refractivity contribution in [1.29, 1.82) is 0 Å². The van der Waals surface area contributed by atoms with Gasteiger partial charge in [-0.15, -0.1) is 0 Å². The van der Waals surface area contributed by atoms with E-state index in [4.69, 9.17) is 0 Å². The number of phenols is 1. The van der Waals surface area contributed by atoms with Crippen molar-refractivity contribution in [2.75, 3.05) is 0 Å². The molecule has 118 valence electrons. The van der Waals surface area contributed by atoms with Crippen molar-refractivity contribution < 1.29 is 5.11 Å². The van der Waals surface area contributed by atoms with Gasteiger partial charge in [0.15, 0.2) is 0 Å². The van der Waals surface area contributed by atoms with Gasteiger partial charge in [0.05, 0.1) is 0 Å². The monoisotopic (exact) mass is 315 g/mol. The Hall–Kier alpha value is -1.37. The first-order valence-electron chi connectivity index (χ1n) is 7.76. The Morgan fingerprint density at radius 3 is 2.23 bits per heavy atom. The van der Waals surface area contributed by atoms with Crippen LogP contribution in [0.15, 0.2) is 30.3 Å². The van der Waals surface area contributed by atoms with Gasteiger partial charge in [0.1, 0.15) is 5.75 Å². The van der Waals surface area contributed by atoms with Crippen molar-refractivity contribution in [3.05, 3.63) is 63.7 Å². The van der Waals surface area contributed by atoms with Crippen LogP contribution in [-0.4, -0.2) is 5.11 Å². The lowest BCUT2D eigenvalue weighted by Crippen LogP contribution is -2.03. The molecule has 0 bridgehead atoms. The van der Waals surface area contributed by atoms with E-state index in [0.717, 1.165) is 18.5 Å². The molecule has 1 atom stereocenters. The van der Waals surface area contributed by atoms with E-state index in [2.05, 4.69) is 60.4 Å². The third-order valence-electron chi connectivity index (χ3n) is 4.16. The Labute approximate surface area is 136 Å². The van der Waals surface area contributed by atoms with Crippen molar-refractivity contribution in [2.45, 2.75) is 46.6 Å². The minimum Gasteiger partial charge on any atom is -0.508 e. The number of rotatable bonds is 5. The predicted molar refractivity (Wildman–Crippen MR) is 97.5 cm³/mol. The van der Waals surface area contributed by atoms with Crippen LogP contribution in [0.4, 0.5) is 0 Å². The van der Waals surface area contributed by atoms with Gasteiger partial charge in [-0.25, -0.2) is 0 Å². The zero-order valence-electron chi connectivity index (χ0n) is 13.9. The molecule has 2 rings (SSSR count). The minimum atomic E-state index is 0.331. The molecule has 0 amide bonds. The SMILES string of the molecule is Cc1cc(CNP)cc(C)c1Cc1ccc(O)c(C(C)C)c1. The van der Waals surface area contributed by atoms with Crippen LogP contribution in [0.2, 0.25) is 0 Å². The van der Waals surface area contributed by atoms with E-state index < -0.39 is 0 Å². The van der Waals surface area contributed by atoms with E-state index in [0.29, 0.717) is 11.7 Å². The number of hydrogen-bond donors (Lipinski definition) is 2. The molecule has 0 heterocycles. The summed E-state index contributed by atoms with van der Waals surface area (Å²) < 4.78 is 0. The molecule has 2 aromatic carbocycles. The van der Waals surface area contributed by atoms with E-state index in [1.54, 1.807) is 0 Å². The van der Waals surface area contributed by atoms with Gasteiger partial charge in [0.2, 0.25) is 0 Å². The molecule has 0 aromatic heterocycles. The number of nitrogens with one attached hydrogen (secondary N) is 1. The number of aromatic hydroxyl groups is 1. The highest BCUT2D eigenvalue weighted by Gasteiger charge is 2.10. The van der Waals surface area contributed by atoms with Crippen LogP contribution >= 0.6 is 9.39 Å². The largest absolute Gasteiger partial charge is 0.508 e. The maximum atomic E-state index is 9.97. The lowest BCUT2D eigenvalue weighted by atomic mass is 9.92. The fourth-order valence-corrected chi connectivity index (χ4v) is 3.20. The lowest BCUT2D eigenvalue weighted by molar-refractivity contribution is 0.464. The Morgan fingerprint density at radius 1 is 1.05 bits per heavy atom. The first kappa shape index (κ1) is 17.0. The summed E-state index contributed by atoms with van der Waals surface area (Å²) in [5.41, 5.74) is 7.63. The van der Waals surface area contributed by atoms with Crippen LogP contribution in [0, 0.1) is 13.8 Å². The maximum Gasteiger partial charge on any atom is 0.119 e. The second-order valence-electron chi connectivity index (χ2n) is 6.31. The molecule has 0 fully saturated rings. The molecular weight excluding hydrogens is 289 g/mol. The first-order valence-corrected chi connectivity index (χ1v) is 8.34. The average Bonchev–Trinajstić information content (AvgIpc) is 2.44. The zero-order valence-corrected chi connectivity index (χ0v) is 15.1. The van der Waals surface area contributed by atoms with Crippen LogP contribution < -0.4 is 5.09 Å². The van der Waals surface area contributed by atoms with Crippen LogP contribution in [0.1, 0.15) is 53.1 Å². The van der Waals surface area contributed by atoms with Crippen molar-refractivity contribution >= 4 is 9.39 Å². The minimum absolute atomic E-state index is 0.331. The Kier molecular flexibility index (Phi) is 5.61. The summed E-state index contributed by atoms with van der Waals surface area (Å²) in [6.07, 6.45) is 0.909. The second kappa shape index (κ2) is 7.26. The van der Waals surface area contributed by atoms with E-state index in [1.807, 2.05) is 12.1 Å². The summed E-state index contributed by atoms with van der Waals surface area (Å²) in [6.45, 7) is 9.44. The fraction of sp³-hybridized carbons (Fsp3) is 0.368. The molecule has 2 aromatic rings. The molecule has 3 heteroatoms. The predicted octanol–water partition coefficient (Wildman–Crippen LogP) is 4.60. The molecular formula is C19H26NOP. The van der Waals surface area contributed by atoms with E-state index in [9.17, 15) is 5.11 Å². The summed E-state index contributed by atoms with van der Waals surface area (Å²) in [4.78, 5) is 0. The second-order valence-corrected chi connectivity index (χ2v) is 6.72. The van der Waals surface area contributed by atoms with Gasteiger partial charge in [0.25, 0.3) is 0 Å². The first-order chi connectivity index (χ1) is 10.4. The van der Waals surface area contributed by atoms with E-state index in [-0.39, 0.29) is 0 Å². The van der Waals surface area contributed by atoms with Crippen LogP contribution in [0.3, 0.4) is 0 Å². The van der Waals surface area contributed by atoms with Crippen LogP contribution in [0.25, 0.3) is 0 Å². The van der Waals surface area contributed by atoms with Crippen LogP contribution in [-0.2, 0) is 13.0 Å². The molecule has 0 saturated carbocycles. The third-order valence-corrected chi connectivity index (χ3v) is 4.36.